The first-order valence-electron chi connectivity index (χ1n) is 20.4. The van der Waals surface area contributed by atoms with Crippen LogP contribution in [0.4, 0.5) is 0 Å². The maximum Gasteiger partial charge on any atom is 0.335 e. The van der Waals surface area contributed by atoms with Crippen molar-refractivity contribution in [2.24, 2.45) is 17.8 Å². The van der Waals surface area contributed by atoms with Gasteiger partial charge >= 0.3 is 11.9 Å². The fraction of sp³-hybridized carbons (Fsp3) is 0.500. The van der Waals surface area contributed by atoms with Crippen LogP contribution in [0.3, 0.4) is 0 Å². The van der Waals surface area contributed by atoms with Crippen molar-refractivity contribution in [2.75, 3.05) is 47.3 Å². The first kappa shape index (κ1) is 42.0. The molecule has 0 radical (unpaired) electrons. The van der Waals surface area contributed by atoms with Crippen molar-refractivity contribution in [3.63, 3.8) is 0 Å². The Hall–Kier alpha value is -4.20. The van der Waals surface area contributed by atoms with E-state index in [0.717, 1.165) is 47.5 Å². The van der Waals surface area contributed by atoms with Gasteiger partial charge in [0.15, 0.2) is 0 Å². The number of carbonyl (C=O) groups is 2. The van der Waals surface area contributed by atoms with E-state index in [2.05, 4.69) is 86.8 Å². The van der Waals surface area contributed by atoms with E-state index in [1.54, 1.807) is 0 Å². The molecule has 0 amide bonds. The van der Waals surface area contributed by atoms with Crippen LogP contribution < -0.4 is 4.74 Å². The average molecular weight is 751 g/mol. The molecule has 2 fully saturated rings. The molecule has 0 atom stereocenters. The Labute approximate surface area is 329 Å². The van der Waals surface area contributed by atoms with Crippen LogP contribution in [-0.4, -0.2) is 59.2 Å². The van der Waals surface area contributed by atoms with Crippen molar-refractivity contribution >= 4 is 11.9 Å². The highest BCUT2D eigenvalue weighted by Crippen LogP contribution is 2.46. The van der Waals surface area contributed by atoms with Gasteiger partial charge in [-0.2, -0.15) is 0 Å². The molecule has 0 bridgehead atoms. The molecule has 0 heterocycles. The molecule has 0 saturated heterocycles. The van der Waals surface area contributed by atoms with E-state index in [-0.39, 0.29) is 26.4 Å². The van der Waals surface area contributed by atoms with Gasteiger partial charge in [-0.15, -0.1) is 0 Å². The van der Waals surface area contributed by atoms with Crippen molar-refractivity contribution in [3.8, 4) is 28.0 Å². The highest BCUT2D eigenvalue weighted by Gasteiger charge is 2.32. The second-order valence-electron chi connectivity index (χ2n) is 15.5. The van der Waals surface area contributed by atoms with Gasteiger partial charge in [-0.3, -0.25) is 0 Å². The molecule has 0 aromatic heterocycles. The van der Waals surface area contributed by atoms with E-state index in [1.807, 2.05) is 0 Å². The minimum Gasteiger partial charge on any atom is -0.490 e. The van der Waals surface area contributed by atoms with Crippen LogP contribution in [0.5, 0.6) is 5.75 Å². The summed E-state index contributed by atoms with van der Waals surface area (Å²) < 4.78 is 27.0. The third-order valence-corrected chi connectivity index (χ3v) is 11.6. The lowest BCUT2D eigenvalue weighted by molar-refractivity contribution is -0.140. The fourth-order valence-corrected chi connectivity index (χ4v) is 8.55. The number of aryl methyl sites for hydroxylation is 1. The Balaban J connectivity index is 1.21. The van der Waals surface area contributed by atoms with Crippen molar-refractivity contribution in [1.82, 2.24) is 0 Å². The second-order valence-corrected chi connectivity index (χ2v) is 15.5. The number of hydrogen-bond donors (Lipinski definition) is 0. The zero-order valence-electron chi connectivity index (χ0n) is 33.5. The number of benzene rings is 3. The van der Waals surface area contributed by atoms with E-state index in [9.17, 15) is 9.59 Å². The lowest BCUT2D eigenvalue weighted by Gasteiger charge is -2.38. The molecular formula is C48H62O7. The van der Waals surface area contributed by atoms with Gasteiger partial charge in [-0.1, -0.05) is 100 Å². The molecule has 0 unspecified atom stereocenters. The standard InChI is InChI=1S/C48H62O7/c1-6-8-36-10-14-38(15-11-36)41-22-24-43(25-23-41)45-31-44(26-27-46(45)53-29-30-55-48(50)35(3)33-52-5)42-20-18-40(19-21-42)39-16-12-37(13-17-39)9-7-28-54-47(49)34(2)32-51-4/h12-13,16-21,26-27,31,36,38,41,43H,2-3,6-11,14-15,22-25,28-30,32-33H2,1,4-5H3. The van der Waals surface area contributed by atoms with Crippen LogP contribution in [0.15, 0.2) is 91.0 Å². The minimum atomic E-state index is -0.455. The number of esters is 2. The highest BCUT2D eigenvalue weighted by atomic mass is 16.6. The maximum atomic E-state index is 12.2. The zero-order chi connectivity index (χ0) is 39.0. The first-order valence-corrected chi connectivity index (χ1v) is 20.4. The summed E-state index contributed by atoms with van der Waals surface area (Å²) in [5.41, 5.74) is 7.74. The first-order chi connectivity index (χ1) is 26.8. The quantitative estimate of drug-likeness (QED) is 0.0646. The molecule has 7 nitrogen and oxygen atoms in total. The van der Waals surface area contributed by atoms with Crippen LogP contribution in [0.1, 0.15) is 94.6 Å². The van der Waals surface area contributed by atoms with Gasteiger partial charge in [0.2, 0.25) is 0 Å². The van der Waals surface area contributed by atoms with E-state index in [4.69, 9.17) is 23.7 Å². The van der Waals surface area contributed by atoms with E-state index < -0.39 is 11.9 Å². The topological polar surface area (TPSA) is 80.3 Å². The smallest absolute Gasteiger partial charge is 0.335 e. The lowest BCUT2D eigenvalue weighted by atomic mass is 9.68. The summed E-state index contributed by atoms with van der Waals surface area (Å²) in [6.07, 6.45) is 14.8. The maximum absolute atomic E-state index is 12.2. The summed E-state index contributed by atoms with van der Waals surface area (Å²) in [6.45, 7) is 10.9. The molecule has 2 saturated carbocycles. The Morgan fingerprint density at radius 1 is 0.636 bits per heavy atom. The minimum absolute atomic E-state index is 0.149. The third kappa shape index (κ3) is 12.4. The molecule has 5 rings (SSSR count). The Kier molecular flexibility index (Phi) is 16.6. The van der Waals surface area contributed by atoms with E-state index in [1.165, 1.54) is 101 Å². The van der Waals surface area contributed by atoms with Crippen LogP contribution in [0, 0.1) is 17.8 Å². The monoisotopic (exact) mass is 750 g/mol. The highest BCUT2D eigenvalue weighted by molar-refractivity contribution is 5.88. The molecule has 7 heteroatoms. The molecule has 0 N–H and O–H groups in total. The van der Waals surface area contributed by atoms with E-state index >= 15 is 0 Å². The molecule has 2 aliphatic carbocycles. The van der Waals surface area contributed by atoms with Crippen molar-refractivity contribution < 1.29 is 33.3 Å². The number of ether oxygens (including phenoxy) is 5. The molecule has 2 aliphatic rings. The van der Waals surface area contributed by atoms with Crippen LogP contribution in [-0.2, 0) is 35.0 Å². The van der Waals surface area contributed by atoms with Gasteiger partial charge in [0.25, 0.3) is 0 Å². The SMILES string of the molecule is C=C(COC)C(=O)OCCCc1ccc(-c2ccc(-c3ccc(OCCOC(=O)C(=C)COC)c(C4CCC(C5CCC(CCC)CC5)CC4)c3)cc2)cc1. The molecule has 3 aromatic rings. The molecule has 0 aliphatic heterocycles. The van der Waals surface area contributed by atoms with Gasteiger partial charge in [-0.05, 0) is 121 Å². The van der Waals surface area contributed by atoms with Crippen LogP contribution in [0.2, 0.25) is 0 Å². The average Bonchev–Trinajstić information content (AvgIpc) is 3.22. The van der Waals surface area contributed by atoms with Gasteiger partial charge in [-0.25, -0.2) is 9.59 Å². The van der Waals surface area contributed by atoms with Gasteiger partial charge in [0, 0.05) is 14.2 Å². The second kappa shape index (κ2) is 21.8. The predicted molar refractivity (Wildman–Crippen MR) is 220 cm³/mol. The van der Waals surface area contributed by atoms with Crippen molar-refractivity contribution in [3.05, 3.63) is 102 Å². The predicted octanol–water partition coefficient (Wildman–Crippen LogP) is 10.7. The Bertz CT molecular complexity index is 1680. The molecular weight excluding hydrogens is 689 g/mol. The summed E-state index contributed by atoms with van der Waals surface area (Å²) in [5, 5.41) is 0. The van der Waals surface area contributed by atoms with Gasteiger partial charge < -0.3 is 23.7 Å². The van der Waals surface area contributed by atoms with Crippen molar-refractivity contribution in [2.45, 2.75) is 89.9 Å². The lowest BCUT2D eigenvalue weighted by Crippen LogP contribution is -2.25. The Morgan fingerprint density at radius 3 is 1.71 bits per heavy atom. The summed E-state index contributed by atoms with van der Waals surface area (Å²) in [5.74, 6) is 3.13. The molecule has 3 aromatic carbocycles. The van der Waals surface area contributed by atoms with Crippen molar-refractivity contribution in [1.29, 1.82) is 0 Å². The Morgan fingerprint density at radius 2 is 1.15 bits per heavy atom. The number of hydrogen-bond acceptors (Lipinski definition) is 7. The summed E-state index contributed by atoms with van der Waals surface area (Å²) in [7, 11) is 3.06. The normalized spacial score (nSPS) is 19.7. The van der Waals surface area contributed by atoms with Crippen LogP contribution in [0.25, 0.3) is 22.3 Å². The number of carbonyl (C=O) groups excluding carboxylic acids is 2. The molecule has 296 valence electrons. The third-order valence-electron chi connectivity index (χ3n) is 11.6. The van der Waals surface area contributed by atoms with E-state index in [0.29, 0.717) is 23.7 Å². The molecule has 0 spiro atoms. The summed E-state index contributed by atoms with van der Waals surface area (Å²) in [4.78, 5) is 24.1. The summed E-state index contributed by atoms with van der Waals surface area (Å²) >= 11 is 0. The number of rotatable bonds is 20. The van der Waals surface area contributed by atoms with Gasteiger partial charge in [0.05, 0.1) is 31.0 Å². The summed E-state index contributed by atoms with van der Waals surface area (Å²) in [6, 6.07) is 23.9. The molecule has 55 heavy (non-hydrogen) atoms. The zero-order valence-corrected chi connectivity index (χ0v) is 33.5. The van der Waals surface area contributed by atoms with Gasteiger partial charge in [0.1, 0.15) is 19.0 Å². The van der Waals surface area contributed by atoms with Crippen LogP contribution >= 0.6 is 0 Å². The fourth-order valence-electron chi connectivity index (χ4n) is 8.55. The number of methoxy groups -OCH3 is 2. The largest absolute Gasteiger partial charge is 0.490 e.